The number of anilines is 3. The number of amides is 1. The molecule has 0 spiro atoms. The summed E-state index contributed by atoms with van der Waals surface area (Å²) < 4.78 is 0. The van der Waals surface area contributed by atoms with Gasteiger partial charge in [-0.1, -0.05) is 30.3 Å². The summed E-state index contributed by atoms with van der Waals surface area (Å²) in [6, 6.07) is 19.3. The van der Waals surface area contributed by atoms with Crippen molar-refractivity contribution in [1.29, 1.82) is 0 Å². The molecule has 25 heavy (non-hydrogen) atoms. The van der Waals surface area contributed by atoms with Crippen molar-refractivity contribution in [2.24, 2.45) is 0 Å². The Hall–Kier alpha value is -3.14. The Morgan fingerprint density at radius 3 is 2.40 bits per heavy atom. The lowest BCUT2D eigenvalue weighted by Crippen LogP contribution is -2.26. The smallest absolute Gasteiger partial charge is 0.276 e. The second-order valence-corrected chi connectivity index (χ2v) is 6.00. The summed E-state index contributed by atoms with van der Waals surface area (Å²) in [5.74, 6) is -0.135. The number of rotatable bonds is 4. The first-order valence-electron chi connectivity index (χ1n) is 8.18. The Bertz CT molecular complexity index is 873. The lowest BCUT2D eigenvalue weighted by Gasteiger charge is -2.17. The van der Waals surface area contributed by atoms with Gasteiger partial charge in [-0.2, -0.15) is 0 Å². The first kappa shape index (κ1) is 16.7. The van der Waals surface area contributed by atoms with E-state index in [1.54, 1.807) is 24.2 Å². The first-order valence-corrected chi connectivity index (χ1v) is 8.18. The number of aryl methyl sites for hydroxylation is 1. The van der Waals surface area contributed by atoms with E-state index in [2.05, 4.69) is 30.2 Å². The number of carbonyl (C=O) groups excluding carboxylic acids is 1. The molecule has 2 aromatic carbocycles. The van der Waals surface area contributed by atoms with Gasteiger partial charge >= 0.3 is 0 Å². The van der Waals surface area contributed by atoms with Crippen LogP contribution in [0.3, 0.4) is 0 Å². The number of hydrogen-bond donors (Lipinski definition) is 1. The predicted octanol–water partition coefficient (Wildman–Crippen LogP) is 4.72. The third-order valence-corrected chi connectivity index (χ3v) is 4.31. The molecule has 0 aliphatic rings. The Labute approximate surface area is 148 Å². The van der Waals surface area contributed by atoms with Crippen molar-refractivity contribution in [2.45, 2.75) is 13.8 Å². The van der Waals surface area contributed by atoms with Gasteiger partial charge in [0.05, 0.1) is 11.9 Å². The van der Waals surface area contributed by atoms with Gasteiger partial charge in [-0.05, 0) is 55.3 Å². The molecule has 0 unspecified atom stereocenters. The van der Waals surface area contributed by atoms with Crippen molar-refractivity contribution >= 4 is 23.0 Å². The van der Waals surface area contributed by atoms with Crippen molar-refractivity contribution in [3.05, 3.63) is 83.7 Å². The van der Waals surface area contributed by atoms with Crippen LogP contribution in [0.1, 0.15) is 21.6 Å². The third kappa shape index (κ3) is 3.69. The van der Waals surface area contributed by atoms with E-state index in [0.29, 0.717) is 5.69 Å². The number of nitrogens with one attached hydrogen (secondary N) is 1. The highest BCUT2D eigenvalue weighted by Gasteiger charge is 2.14. The fourth-order valence-corrected chi connectivity index (χ4v) is 2.58. The monoisotopic (exact) mass is 331 g/mol. The molecule has 0 saturated heterocycles. The summed E-state index contributed by atoms with van der Waals surface area (Å²) >= 11 is 0. The molecule has 1 heterocycles. The second-order valence-electron chi connectivity index (χ2n) is 6.00. The first-order chi connectivity index (χ1) is 12.1. The van der Waals surface area contributed by atoms with Crippen LogP contribution in [0, 0.1) is 13.8 Å². The fourth-order valence-electron chi connectivity index (χ4n) is 2.58. The molecule has 0 fully saturated rings. The van der Waals surface area contributed by atoms with E-state index in [1.165, 1.54) is 11.1 Å². The Balaban J connectivity index is 1.76. The largest absolute Gasteiger partial charge is 0.354 e. The minimum Gasteiger partial charge on any atom is -0.354 e. The van der Waals surface area contributed by atoms with E-state index >= 15 is 0 Å². The van der Waals surface area contributed by atoms with Crippen LogP contribution in [0.4, 0.5) is 17.1 Å². The van der Waals surface area contributed by atoms with E-state index in [0.717, 1.165) is 17.1 Å². The van der Waals surface area contributed by atoms with Crippen LogP contribution < -0.4 is 10.2 Å². The van der Waals surface area contributed by atoms with E-state index in [-0.39, 0.29) is 5.91 Å². The topological polar surface area (TPSA) is 45.2 Å². The van der Waals surface area contributed by atoms with Gasteiger partial charge in [-0.3, -0.25) is 4.79 Å². The Kier molecular flexibility index (Phi) is 4.80. The highest BCUT2D eigenvalue weighted by Crippen LogP contribution is 2.22. The summed E-state index contributed by atoms with van der Waals surface area (Å²) in [7, 11) is 1.75. The highest BCUT2D eigenvalue weighted by molar-refractivity contribution is 6.04. The number of pyridine rings is 1. The Morgan fingerprint density at radius 1 is 0.960 bits per heavy atom. The fraction of sp³-hybridized carbons (Fsp3) is 0.143. The number of benzene rings is 2. The van der Waals surface area contributed by atoms with Crippen LogP contribution in [0.2, 0.25) is 0 Å². The van der Waals surface area contributed by atoms with Crippen molar-refractivity contribution in [3.63, 3.8) is 0 Å². The minimum atomic E-state index is -0.135. The molecule has 1 amide bonds. The van der Waals surface area contributed by atoms with E-state index in [9.17, 15) is 4.79 Å². The van der Waals surface area contributed by atoms with Gasteiger partial charge < -0.3 is 10.2 Å². The summed E-state index contributed by atoms with van der Waals surface area (Å²) in [6.45, 7) is 4.16. The molecule has 0 radical (unpaired) electrons. The average molecular weight is 331 g/mol. The summed E-state index contributed by atoms with van der Waals surface area (Å²) in [5, 5.41) is 3.35. The van der Waals surface area contributed by atoms with Crippen LogP contribution in [0.15, 0.2) is 66.9 Å². The highest BCUT2D eigenvalue weighted by atomic mass is 16.2. The summed E-state index contributed by atoms with van der Waals surface area (Å²) in [4.78, 5) is 18.5. The van der Waals surface area contributed by atoms with Crippen molar-refractivity contribution in [3.8, 4) is 0 Å². The molecule has 4 heteroatoms. The summed E-state index contributed by atoms with van der Waals surface area (Å²) in [6.07, 6.45) is 1.69. The minimum absolute atomic E-state index is 0.135. The van der Waals surface area contributed by atoms with Crippen molar-refractivity contribution in [2.75, 3.05) is 17.3 Å². The van der Waals surface area contributed by atoms with Crippen LogP contribution in [-0.2, 0) is 0 Å². The van der Waals surface area contributed by atoms with Gasteiger partial charge in [0.2, 0.25) is 0 Å². The van der Waals surface area contributed by atoms with E-state index < -0.39 is 0 Å². The quantitative estimate of drug-likeness (QED) is 0.752. The second kappa shape index (κ2) is 7.18. The van der Waals surface area contributed by atoms with Gasteiger partial charge in [0.25, 0.3) is 5.91 Å². The average Bonchev–Trinajstić information content (AvgIpc) is 2.65. The zero-order valence-corrected chi connectivity index (χ0v) is 14.7. The van der Waals surface area contributed by atoms with E-state index in [1.807, 2.05) is 48.5 Å². The zero-order valence-electron chi connectivity index (χ0n) is 14.7. The number of hydrogen-bond acceptors (Lipinski definition) is 3. The van der Waals surface area contributed by atoms with Gasteiger partial charge in [-0.25, -0.2) is 4.98 Å². The summed E-state index contributed by atoms with van der Waals surface area (Å²) in [5.41, 5.74) is 5.58. The number of para-hydroxylation sites is 1. The van der Waals surface area contributed by atoms with Crippen LogP contribution in [0.5, 0.6) is 0 Å². The molecule has 1 aromatic heterocycles. The maximum atomic E-state index is 12.6. The molecule has 3 aromatic rings. The molecular weight excluding hydrogens is 310 g/mol. The molecular formula is C21H21N3O. The van der Waals surface area contributed by atoms with E-state index in [4.69, 9.17) is 0 Å². The number of aromatic nitrogens is 1. The maximum Gasteiger partial charge on any atom is 0.276 e. The lowest BCUT2D eigenvalue weighted by atomic mass is 10.1. The van der Waals surface area contributed by atoms with Gasteiger partial charge in [0, 0.05) is 18.4 Å². The molecule has 1 N–H and O–H groups in total. The maximum absolute atomic E-state index is 12.6. The van der Waals surface area contributed by atoms with Gasteiger partial charge in [0.1, 0.15) is 5.69 Å². The third-order valence-electron chi connectivity index (χ3n) is 4.31. The zero-order chi connectivity index (χ0) is 17.8. The normalized spacial score (nSPS) is 10.4. The molecule has 4 nitrogen and oxygen atoms in total. The number of carbonyl (C=O) groups is 1. The molecule has 126 valence electrons. The molecule has 0 saturated carbocycles. The van der Waals surface area contributed by atoms with Crippen molar-refractivity contribution in [1.82, 2.24) is 4.98 Å². The molecule has 0 bridgehead atoms. The molecule has 3 rings (SSSR count). The predicted molar refractivity (Wildman–Crippen MR) is 103 cm³/mol. The standard InChI is InChI=1S/C21H21N3O/c1-15-8-7-11-19(16(15)2)23-17-12-13-20(22-14-17)21(25)24(3)18-9-5-4-6-10-18/h4-14,23H,1-3H3. The van der Waals surface area contributed by atoms with Gasteiger partial charge in [0.15, 0.2) is 0 Å². The van der Waals surface area contributed by atoms with Gasteiger partial charge in [-0.15, -0.1) is 0 Å². The number of nitrogens with zero attached hydrogens (tertiary/aromatic N) is 2. The van der Waals surface area contributed by atoms with Crippen LogP contribution in [-0.4, -0.2) is 17.9 Å². The Morgan fingerprint density at radius 2 is 1.72 bits per heavy atom. The van der Waals surface area contributed by atoms with Crippen molar-refractivity contribution < 1.29 is 4.79 Å². The SMILES string of the molecule is Cc1cccc(Nc2ccc(C(=O)N(C)c3ccccc3)nc2)c1C. The molecule has 0 aliphatic heterocycles. The van der Waals surface area contributed by atoms with Crippen LogP contribution >= 0.6 is 0 Å². The van der Waals surface area contributed by atoms with Crippen LogP contribution in [0.25, 0.3) is 0 Å². The molecule has 0 aliphatic carbocycles. The lowest BCUT2D eigenvalue weighted by molar-refractivity contribution is 0.0988. The molecule has 0 atom stereocenters.